The summed E-state index contributed by atoms with van der Waals surface area (Å²) < 4.78 is 0. The number of hydrogen-bond acceptors (Lipinski definition) is 3. The van der Waals surface area contributed by atoms with Gasteiger partial charge in [-0.3, -0.25) is 19.3 Å². The highest BCUT2D eigenvalue weighted by atomic mass is 35.5. The molecule has 3 amide bonds. The first-order chi connectivity index (χ1) is 19.3. The lowest BCUT2D eigenvalue weighted by molar-refractivity contribution is -0.140. The predicted octanol–water partition coefficient (Wildman–Crippen LogP) is 5.87. The van der Waals surface area contributed by atoms with Crippen LogP contribution in [0.1, 0.15) is 35.3 Å². The number of nitrogens with zero attached hydrogens (tertiary/aromatic N) is 2. The predicted molar refractivity (Wildman–Crippen MR) is 159 cm³/mol. The van der Waals surface area contributed by atoms with Crippen LogP contribution in [0.2, 0.25) is 5.02 Å². The van der Waals surface area contributed by atoms with Crippen molar-refractivity contribution < 1.29 is 14.4 Å². The van der Waals surface area contributed by atoms with Crippen LogP contribution in [-0.2, 0) is 22.6 Å². The maximum atomic E-state index is 14.2. The van der Waals surface area contributed by atoms with E-state index in [2.05, 4.69) is 5.32 Å². The molecule has 4 aromatic rings. The Kier molecular flexibility index (Phi) is 8.17. The van der Waals surface area contributed by atoms with E-state index in [1.807, 2.05) is 86.6 Å². The number of rotatable bonds is 10. The van der Waals surface area contributed by atoms with Crippen LogP contribution < -0.4 is 10.2 Å². The second-order valence-corrected chi connectivity index (χ2v) is 11.0. The molecule has 40 heavy (non-hydrogen) atoms. The van der Waals surface area contributed by atoms with Gasteiger partial charge in [-0.15, -0.1) is 0 Å². The van der Waals surface area contributed by atoms with Gasteiger partial charge in [0.15, 0.2) is 0 Å². The van der Waals surface area contributed by atoms with Crippen molar-refractivity contribution in [2.75, 3.05) is 18.0 Å². The quantitative estimate of drug-likeness (QED) is 0.267. The van der Waals surface area contributed by atoms with Crippen LogP contribution in [0.4, 0.5) is 5.69 Å². The molecule has 0 aromatic heterocycles. The SMILES string of the molecule is CC(C)CNC(=O)C(Cc1ccccc1)N(Cc1cccc(Cl)c1)C(=O)CN1C(=O)c2cccc3cccc1c23. The van der Waals surface area contributed by atoms with Crippen molar-refractivity contribution >= 4 is 45.8 Å². The summed E-state index contributed by atoms with van der Waals surface area (Å²) in [4.78, 5) is 44.5. The zero-order valence-electron chi connectivity index (χ0n) is 22.6. The monoisotopic (exact) mass is 553 g/mol. The lowest BCUT2D eigenvalue weighted by Crippen LogP contribution is -2.53. The number of carbonyl (C=O) groups excluding carboxylic acids is 3. The Hall–Kier alpha value is -4.16. The summed E-state index contributed by atoms with van der Waals surface area (Å²) in [7, 11) is 0. The van der Waals surface area contributed by atoms with E-state index < -0.39 is 6.04 Å². The van der Waals surface area contributed by atoms with Crippen molar-refractivity contribution in [1.29, 1.82) is 0 Å². The van der Waals surface area contributed by atoms with E-state index >= 15 is 0 Å². The van der Waals surface area contributed by atoms with E-state index in [-0.39, 0.29) is 36.7 Å². The molecule has 1 heterocycles. The average molecular weight is 554 g/mol. The summed E-state index contributed by atoms with van der Waals surface area (Å²) in [6.45, 7) is 4.53. The average Bonchev–Trinajstić information content (AvgIpc) is 3.22. The fourth-order valence-corrected chi connectivity index (χ4v) is 5.38. The summed E-state index contributed by atoms with van der Waals surface area (Å²) in [6.07, 6.45) is 0.334. The molecule has 7 heteroatoms. The Morgan fingerprint density at radius 2 is 1.60 bits per heavy atom. The van der Waals surface area contributed by atoms with Crippen molar-refractivity contribution in [2.45, 2.75) is 32.9 Å². The first-order valence-corrected chi connectivity index (χ1v) is 13.9. The Bertz CT molecular complexity index is 1550. The Morgan fingerprint density at radius 1 is 0.900 bits per heavy atom. The van der Waals surface area contributed by atoms with Gasteiger partial charge in [0.05, 0.1) is 5.69 Å². The molecule has 1 atom stereocenters. The van der Waals surface area contributed by atoms with Crippen LogP contribution in [0.25, 0.3) is 10.8 Å². The van der Waals surface area contributed by atoms with Gasteiger partial charge >= 0.3 is 0 Å². The highest BCUT2D eigenvalue weighted by Gasteiger charge is 2.35. The van der Waals surface area contributed by atoms with E-state index in [0.717, 1.165) is 21.9 Å². The van der Waals surface area contributed by atoms with Crippen molar-refractivity contribution in [3.63, 3.8) is 0 Å². The van der Waals surface area contributed by atoms with E-state index in [1.54, 1.807) is 23.1 Å². The molecule has 0 spiro atoms. The Balaban J connectivity index is 1.50. The molecular formula is C33H32ClN3O3. The summed E-state index contributed by atoms with van der Waals surface area (Å²) in [5, 5.41) is 5.37. The molecule has 4 aromatic carbocycles. The van der Waals surface area contributed by atoms with Crippen molar-refractivity contribution in [1.82, 2.24) is 10.2 Å². The fourth-order valence-electron chi connectivity index (χ4n) is 5.17. The molecule has 5 rings (SSSR count). The highest BCUT2D eigenvalue weighted by Crippen LogP contribution is 2.37. The van der Waals surface area contributed by atoms with Crippen LogP contribution in [0.3, 0.4) is 0 Å². The minimum atomic E-state index is -0.788. The molecule has 0 aliphatic carbocycles. The van der Waals surface area contributed by atoms with Crippen LogP contribution in [0, 0.1) is 5.92 Å². The van der Waals surface area contributed by atoms with Gasteiger partial charge in [-0.05, 0) is 46.7 Å². The van der Waals surface area contributed by atoms with Crippen LogP contribution in [0.5, 0.6) is 0 Å². The lowest BCUT2D eigenvalue weighted by atomic mass is 10.0. The normalized spacial score (nSPS) is 13.1. The second kappa shape index (κ2) is 11.9. The molecule has 0 radical (unpaired) electrons. The molecule has 1 N–H and O–H groups in total. The lowest BCUT2D eigenvalue weighted by Gasteiger charge is -2.33. The minimum Gasteiger partial charge on any atom is -0.354 e. The maximum absolute atomic E-state index is 14.2. The smallest absolute Gasteiger partial charge is 0.259 e. The largest absolute Gasteiger partial charge is 0.354 e. The van der Waals surface area contributed by atoms with Crippen LogP contribution >= 0.6 is 11.6 Å². The molecule has 1 aliphatic heterocycles. The Labute approximate surface area is 239 Å². The molecule has 204 valence electrons. The van der Waals surface area contributed by atoms with Gasteiger partial charge < -0.3 is 10.2 Å². The van der Waals surface area contributed by atoms with Crippen molar-refractivity contribution in [2.24, 2.45) is 5.92 Å². The third-order valence-electron chi connectivity index (χ3n) is 7.14. The second-order valence-electron chi connectivity index (χ2n) is 10.6. The van der Waals surface area contributed by atoms with E-state index in [9.17, 15) is 14.4 Å². The summed E-state index contributed by atoms with van der Waals surface area (Å²) in [5.74, 6) is -0.517. The molecule has 0 bridgehead atoms. The van der Waals surface area contributed by atoms with Gasteiger partial charge in [0.1, 0.15) is 12.6 Å². The third kappa shape index (κ3) is 5.87. The number of hydrogen-bond donors (Lipinski definition) is 1. The zero-order valence-corrected chi connectivity index (χ0v) is 23.4. The number of anilines is 1. The number of carbonyl (C=O) groups is 3. The number of nitrogens with one attached hydrogen (secondary N) is 1. The van der Waals surface area contributed by atoms with Gasteiger partial charge in [-0.1, -0.05) is 92.2 Å². The molecular weight excluding hydrogens is 522 g/mol. The first kappa shape index (κ1) is 27.4. The summed E-state index contributed by atoms with van der Waals surface area (Å²) in [5.41, 5.74) is 3.02. The minimum absolute atomic E-state index is 0.172. The molecule has 0 saturated heterocycles. The number of benzene rings is 4. The van der Waals surface area contributed by atoms with Crippen LogP contribution in [-0.4, -0.2) is 41.8 Å². The van der Waals surface area contributed by atoms with E-state index in [4.69, 9.17) is 11.6 Å². The summed E-state index contributed by atoms with van der Waals surface area (Å²) in [6, 6.07) is 27.5. The first-order valence-electron chi connectivity index (χ1n) is 13.5. The Morgan fingerprint density at radius 3 is 2.33 bits per heavy atom. The topological polar surface area (TPSA) is 69.7 Å². The van der Waals surface area contributed by atoms with Gasteiger partial charge in [-0.25, -0.2) is 0 Å². The maximum Gasteiger partial charge on any atom is 0.259 e. The van der Waals surface area contributed by atoms with Gasteiger partial charge in [0.2, 0.25) is 11.8 Å². The van der Waals surface area contributed by atoms with Gasteiger partial charge in [0.25, 0.3) is 5.91 Å². The third-order valence-corrected chi connectivity index (χ3v) is 7.38. The van der Waals surface area contributed by atoms with Crippen molar-refractivity contribution in [3.05, 3.63) is 113 Å². The number of amides is 3. The van der Waals surface area contributed by atoms with Gasteiger partial charge in [-0.2, -0.15) is 0 Å². The molecule has 6 nitrogen and oxygen atoms in total. The van der Waals surface area contributed by atoms with E-state index in [0.29, 0.717) is 29.2 Å². The molecule has 0 fully saturated rings. The standard InChI is InChI=1S/C33H32ClN3O3/c1-22(2)19-35-32(39)29(18-23-9-4-3-5-10-23)36(20-24-11-6-14-26(34)17-24)30(38)21-37-28-16-8-13-25-12-7-15-27(31(25)28)33(37)40/h3-17,22,29H,18-21H2,1-2H3,(H,35,39). The van der Waals surface area contributed by atoms with Crippen molar-refractivity contribution in [3.8, 4) is 0 Å². The van der Waals surface area contributed by atoms with E-state index in [1.165, 1.54) is 4.90 Å². The number of halogens is 1. The molecule has 1 unspecified atom stereocenters. The zero-order chi connectivity index (χ0) is 28.2. The molecule has 1 aliphatic rings. The highest BCUT2D eigenvalue weighted by molar-refractivity contribution is 6.30. The van der Waals surface area contributed by atoms with Gasteiger partial charge in [0, 0.05) is 35.5 Å². The molecule has 0 saturated carbocycles. The summed E-state index contributed by atoms with van der Waals surface area (Å²) >= 11 is 6.28. The van der Waals surface area contributed by atoms with Crippen LogP contribution in [0.15, 0.2) is 91.0 Å². The fraction of sp³-hybridized carbons (Fsp3) is 0.242.